The molecule has 2 nitrogen and oxygen atoms in total. The van der Waals surface area contributed by atoms with Crippen molar-refractivity contribution in [1.82, 2.24) is 4.90 Å². The molecule has 1 unspecified atom stereocenters. The second kappa shape index (κ2) is 5.96. The molecule has 2 aromatic carbocycles. The van der Waals surface area contributed by atoms with E-state index in [1.807, 2.05) is 12.1 Å². The first-order valence-electron chi connectivity index (χ1n) is 7.04. The molecular formula is C17H19ClN2. The molecule has 0 aromatic heterocycles. The molecule has 0 spiro atoms. The average molecular weight is 287 g/mol. The van der Waals surface area contributed by atoms with Crippen molar-refractivity contribution in [2.75, 3.05) is 13.1 Å². The summed E-state index contributed by atoms with van der Waals surface area (Å²) >= 11 is 5.92. The number of halogens is 1. The average Bonchev–Trinajstić information content (AvgIpc) is 2.84. The Morgan fingerprint density at radius 1 is 1.10 bits per heavy atom. The summed E-state index contributed by atoms with van der Waals surface area (Å²) in [6, 6.07) is 17.1. The van der Waals surface area contributed by atoms with E-state index in [9.17, 15) is 0 Å². The molecule has 104 valence electrons. The lowest BCUT2D eigenvalue weighted by atomic mass is 10.1. The molecule has 1 aliphatic rings. The SMILES string of the molecule is NCC1c2ccccc2CN1CCc1ccc(Cl)cc1. The number of rotatable bonds is 4. The maximum Gasteiger partial charge on any atom is 0.0477 e. The highest BCUT2D eigenvalue weighted by Gasteiger charge is 2.27. The van der Waals surface area contributed by atoms with Crippen LogP contribution in [0.4, 0.5) is 0 Å². The van der Waals surface area contributed by atoms with Crippen molar-refractivity contribution in [2.45, 2.75) is 19.0 Å². The lowest BCUT2D eigenvalue weighted by Gasteiger charge is -2.23. The van der Waals surface area contributed by atoms with Gasteiger partial charge in [-0.1, -0.05) is 48.0 Å². The monoisotopic (exact) mass is 286 g/mol. The van der Waals surface area contributed by atoms with E-state index >= 15 is 0 Å². The van der Waals surface area contributed by atoms with Gasteiger partial charge in [0.25, 0.3) is 0 Å². The minimum Gasteiger partial charge on any atom is -0.329 e. The van der Waals surface area contributed by atoms with Crippen LogP contribution in [0.2, 0.25) is 5.02 Å². The second-order valence-electron chi connectivity index (χ2n) is 5.30. The Morgan fingerprint density at radius 3 is 2.60 bits per heavy atom. The van der Waals surface area contributed by atoms with E-state index in [2.05, 4.69) is 41.3 Å². The normalized spacial score (nSPS) is 18.2. The smallest absolute Gasteiger partial charge is 0.0477 e. The van der Waals surface area contributed by atoms with Crippen LogP contribution in [-0.4, -0.2) is 18.0 Å². The van der Waals surface area contributed by atoms with Crippen molar-refractivity contribution in [2.24, 2.45) is 5.73 Å². The molecule has 0 bridgehead atoms. The highest BCUT2D eigenvalue weighted by atomic mass is 35.5. The molecule has 0 radical (unpaired) electrons. The van der Waals surface area contributed by atoms with E-state index in [1.165, 1.54) is 16.7 Å². The summed E-state index contributed by atoms with van der Waals surface area (Å²) in [5, 5.41) is 0.794. The lowest BCUT2D eigenvalue weighted by Crippen LogP contribution is -2.29. The van der Waals surface area contributed by atoms with Crippen molar-refractivity contribution in [1.29, 1.82) is 0 Å². The molecule has 20 heavy (non-hydrogen) atoms. The molecule has 3 rings (SSSR count). The van der Waals surface area contributed by atoms with E-state index in [0.29, 0.717) is 12.6 Å². The zero-order chi connectivity index (χ0) is 13.9. The molecule has 1 aliphatic heterocycles. The van der Waals surface area contributed by atoms with Crippen LogP contribution in [0.15, 0.2) is 48.5 Å². The summed E-state index contributed by atoms with van der Waals surface area (Å²) in [7, 11) is 0. The number of hydrogen-bond donors (Lipinski definition) is 1. The third kappa shape index (κ3) is 2.73. The van der Waals surface area contributed by atoms with Crippen LogP contribution in [0.25, 0.3) is 0 Å². The van der Waals surface area contributed by atoms with Gasteiger partial charge >= 0.3 is 0 Å². The Kier molecular flexibility index (Phi) is 4.06. The molecule has 1 atom stereocenters. The van der Waals surface area contributed by atoms with Crippen LogP contribution < -0.4 is 5.73 Å². The fraction of sp³-hybridized carbons (Fsp3) is 0.294. The van der Waals surface area contributed by atoms with Gasteiger partial charge < -0.3 is 5.73 Å². The summed E-state index contributed by atoms with van der Waals surface area (Å²) in [5.41, 5.74) is 10.1. The maximum absolute atomic E-state index is 5.97. The number of nitrogens with zero attached hydrogens (tertiary/aromatic N) is 1. The van der Waals surface area contributed by atoms with Crippen molar-refractivity contribution in [3.63, 3.8) is 0 Å². The molecule has 0 saturated heterocycles. The lowest BCUT2D eigenvalue weighted by molar-refractivity contribution is 0.223. The highest BCUT2D eigenvalue weighted by Crippen LogP contribution is 2.32. The zero-order valence-electron chi connectivity index (χ0n) is 11.4. The summed E-state index contributed by atoms with van der Waals surface area (Å²) < 4.78 is 0. The third-order valence-electron chi connectivity index (χ3n) is 4.05. The number of fused-ring (bicyclic) bond motifs is 1. The number of nitrogens with two attached hydrogens (primary N) is 1. The summed E-state index contributed by atoms with van der Waals surface area (Å²) in [6.07, 6.45) is 1.03. The quantitative estimate of drug-likeness (QED) is 0.933. The summed E-state index contributed by atoms with van der Waals surface area (Å²) in [5.74, 6) is 0. The molecule has 0 amide bonds. The molecule has 0 saturated carbocycles. The van der Waals surface area contributed by atoms with Crippen LogP contribution in [-0.2, 0) is 13.0 Å². The predicted molar refractivity (Wildman–Crippen MR) is 83.8 cm³/mol. The van der Waals surface area contributed by atoms with Crippen LogP contribution in [0.1, 0.15) is 22.7 Å². The van der Waals surface area contributed by atoms with E-state index in [0.717, 1.165) is 24.5 Å². The number of benzene rings is 2. The van der Waals surface area contributed by atoms with Gasteiger partial charge in [-0.3, -0.25) is 4.90 Å². The van der Waals surface area contributed by atoms with Gasteiger partial charge in [0.15, 0.2) is 0 Å². The van der Waals surface area contributed by atoms with Crippen molar-refractivity contribution < 1.29 is 0 Å². The largest absolute Gasteiger partial charge is 0.329 e. The Labute approximate surface area is 125 Å². The Balaban J connectivity index is 1.68. The van der Waals surface area contributed by atoms with Crippen LogP contribution in [0, 0.1) is 0 Å². The van der Waals surface area contributed by atoms with Crippen LogP contribution in [0.5, 0.6) is 0 Å². The van der Waals surface area contributed by atoms with Gasteiger partial charge in [0.05, 0.1) is 0 Å². The van der Waals surface area contributed by atoms with Crippen LogP contribution >= 0.6 is 11.6 Å². The van der Waals surface area contributed by atoms with Gasteiger partial charge in [0, 0.05) is 30.7 Å². The van der Waals surface area contributed by atoms with Crippen molar-refractivity contribution in [3.8, 4) is 0 Å². The molecule has 2 N–H and O–H groups in total. The Bertz CT molecular complexity index is 580. The van der Waals surface area contributed by atoms with Crippen molar-refractivity contribution >= 4 is 11.6 Å². The van der Waals surface area contributed by atoms with E-state index in [1.54, 1.807) is 0 Å². The minimum atomic E-state index is 0.360. The summed E-state index contributed by atoms with van der Waals surface area (Å²) in [4.78, 5) is 2.47. The molecule has 2 aromatic rings. The topological polar surface area (TPSA) is 29.3 Å². The van der Waals surface area contributed by atoms with Gasteiger partial charge in [-0.2, -0.15) is 0 Å². The standard InChI is InChI=1S/C17H19ClN2/c18-15-7-5-13(6-8-15)9-10-20-12-14-3-1-2-4-16(14)17(20)11-19/h1-8,17H,9-12,19H2. The van der Waals surface area contributed by atoms with Crippen LogP contribution in [0.3, 0.4) is 0 Å². The first kappa shape index (κ1) is 13.6. The predicted octanol–water partition coefficient (Wildman–Crippen LogP) is 3.40. The van der Waals surface area contributed by atoms with E-state index in [-0.39, 0.29) is 0 Å². The van der Waals surface area contributed by atoms with Gasteiger partial charge in [0.1, 0.15) is 0 Å². The zero-order valence-corrected chi connectivity index (χ0v) is 12.2. The molecule has 1 heterocycles. The minimum absolute atomic E-state index is 0.360. The summed E-state index contributed by atoms with van der Waals surface area (Å²) in [6.45, 7) is 2.71. The van der Waals surface area contributed by atoms with Gasteiger partial charge in [-0.25, -0.2) is 0 Å². The Hall–Kier alpha value is -1.35. The fourth-order valence-electron chi connectivity index (χ4n) is 2.96. The second-order valence-corrected chi connectivity index (χ2v) is 5.73. The maximum atomic E-state index is 5.97. The number of hydrogen-bond acceptors (Lipinski definition) is 2. The molecule has 3 heteroatoms. The fourth-order valence-corrected chi connectivity index (χ4v) is 3.09. The van der Waals surface area contributed by atoms with Gasteiger partial charge in [-0.15, -0.1) is 0 Å². The van der Waals surface area contributed by atoms with Crippen molar-refractivity contribution in [3.05, 3.63) is 70.2 Å². The van der Waals surface area contributed by atoms with Gasteiger partial charge in [0.2, 0.25) is 0 Å². The first-order valence-corrected chi connectivity index (χ1v) is 7.42. The van der Waals surface area contributed by atoms with E-state index < -0.39 is 0 Å². The third-order valence-corrected chi connectivity index (χ3v) is 4.30. The molecule has 0 fully saturated rings. The Morgan fingerprint density at radius 2 is 1.85 bits per heavy atom. The molecule has 0 aliphatic carbocycles. The highest BCUT2D eigenvalue weighted by molar-refractivity contribution is 6.30. The van der Waals surface area contributed by atoms with Gasteiger partial charge in [-0.05, 0) is 35.2 Å². The van der Waals surface area contributed by atoms with E-state index in [4.69, 9.17) is 17.3 Å². The molecular weight excluding hydrogens is 268 g/mol. The first-order chi connectivity index (χ1) is 9.78.